The molecule has 0 radical (unpaired) electrons. The third kappa shape index (κ3) is 2.47. The van der Waals surface area contributed by atoms with E-state index in [4.69, 9.17) is 0 Å². The van der Waals surface area contributed by atoms with Crippen LogP contribution >= 0.6 is 0 Å². The Bertz CT molecular complexity index is 743. The van der Waals surface area contributed by atoms with Gasteiger partial charge in [-0.3, -0.25) is 0 Å². The lowest BCUT2D eigenvalue weighted by Crippen LogP contribution is -2.33. The number of hydrogen-bond acceptors (Lipinski definition) is 1. The Morgan fingerprint density at radius 3 is 2.71 bits per heavy atom. The molecule has 3 aromatic rings. The summed E-state index contributed by atoms with van der Waals surface area (Å²) in [5.74, 6) is 0. The number of fused-ring (bicyclic) bond motifs is 3. The third-order valence-corrected chi connectivity index (χ3v) is 4.53. The molecule has 2 aromatic carbocycles. The van der Waals surface area contributed by atoms with E-state index in [2.05, 4.69) is 64.9 Å². The topological polar surface area (TPSA) is 27.8 Å². The van der Waals surface area contributed by atoms with Crippen LogP contribution in [0.3, 0.4) is 0 Å². The fourth-order valence-corrected chi connectivity index (χ4v) is 3.40. The van der Waals surface area contributed by atoms with E-state index in [9.17, 15) is 0 Å². The van der Waals surface area contributed by atoms with Crippen LogP contribution in [0.1, 0.15) is 23.2 Å². The number of rotatable bonds is 3. The standard InChI is InChI=1S/C19H20N2/c1-2-6-14(7-3-1)13-20-15-10-11-19-17(12-15)16-8-4-5-9-18(16)21-19/h1-9,15,20-21H,10-13H2/t15-/m0/s1. The van der Waals surface area contributed by atoms with E-state index in [1.807, 2.05) is 0 Å². The van der Waals surface area contributed by atoms with Crippen molar-refractivity contribution < 1.29 is 0 Å². The maximum absolute atomic E-state index is 3.72. The molecule has 0 bridgehead atoms. The molecule has 2 N–H and O–H groups in total. The van der Waals surface area contributed by atoms with Gasteiger partial charge in [0.15, 0.2) is 0 Å². The van der Waals surface area contributed by atoms with Crippen LogP contribution in [0.15, 0.2) is 54.6 Å². The van der Waals surface area contributed by atoms with Gasteiger partial charge in [-0.25, -0.2) is 0 Å². The Morgan fingerprint density at radius 2 is 1.81 bits per heavy atom. The summed E-state index contributed by atoms with van der Waals surface area (Å²) in [6.07, 6.45) is 3.50. The summed E-state index contributed by atoms with van der Waals surface area (Å²) in [6, 6.07) is 19.9. The van der Waals surface area contributed by atoms with Crippen LogP contribution in [0.2, 0.25) is 0 Å². The van der Waals surface area contributed by atoms with Gasteiger partial charge in [0.25, 0.3) is 0 Å². The van der Waals surface area contributed by atoms with Crippen LogP contribution in [0.4, 0.5) is 0 Å². The average Bonchev–Trinajstić information content (AvgIpc) is 2.92. The Kier molecular flexibility index (Phi) is 3.24. The van der Waals surface area contributed by atoms with E-state index >= 15 is 0 Å². The van der Waals surface area contributed by atoms with Crippen LogP contribution in [-0.2, 0) is 19.4 Å². The Balaban J connectivity index is 1.51. The SMILES string of the molecule is c1ccc(CN[C@H]2CCc3[nH]c4ccccc4c3C2)cc1. The van der Waals surface area contributed by atoms with Gasteiger partial charge in [-0.2, -0.15) is 0 Å². The molecular formula is C19H20N2. The van der Waals surface area contributed by atoms with Gasteiger partial charge in [-0.15, -0.1) is 0 Å². The maximum atomic E-state index is 3.72. The molecule has 1 aliphatic rings. The molecule has 1 aliphatic carbocycles. The molecule has 0 saturated carbocycles. The van der Waals surface area contributed by atoms with E-state index in [0.29, 0.717) is 6.04 Å². The predicted octanol–water partition coefficient (Wildman–Crippen LogP) is 3.82. The molecular weight excluding hydrogens is 256 g/mol. The van der Waals surface area contributed by atoms with Gasteiger partial charge in [0, 0.05) is 29.2 Å². The summed E-state index contributed by atoms with van der Waals surface area (Å²) in [7, 11) is 0. The predicted molar refractivity (Wildman–Crippen MR) is 87.4 cm³/mol. The molecule has 1 atom stereocenters. The van der Waals surface area contributed by atoms with Gasteiger partial charge < -0.3 is 10.3 Å². The largest absolute Gasteiger partial charge is 0.358 e. The van der Waals surface area contributed by atoms with Gasteiger partial charge in [0.05, 0.1) is 0 Å². The lowest BCUT2D eigenvalue weighted by molar-refractivity contribution is 0.457. The van der Waals surface area contributed by atoms with Gasteiger partial charge >= 0.3 is 0 Å². The van der Waals surface area contributed by atoms with Crippen molar-refractivity contribution in [3.05, 3.63) is 71.4 Å². The molecule has 21 heavy (non-hydrogen) atoms. The number of para-hydroxylation sites is 1. The molecule has 2 heteroatoms. The van der Waals surface area contributed by atoms with Crippen LogP contribution in [0.25, 0.3) is 10.9 Å². The number of benzene rings is 2. The van der Waals surface area contributed by atoms with Crippen LogP contribution < -0.4 is 5.32 Å². The van der Waals surface area contributed by atoms with Gasteiger partial charge in [-0.1, -0.05) is 48.5 Å². The summed E-state index contributed by atoms with van der Waals surface area (Å²) in [5.41, 5.74) is 5.60. The summed E-state index contributed by atoms with van der Waals surface area (Å²) >= 11 is 0. The minimum absolute atomic E-state index is 0.580. The highest BCUT2D eigenvalue weighted by Gasteiger charge is 2.21. The highest BCUT2D eigenvalue weighted by molar-refractivity contribution is 5.84. The molecule has 0 aliphatic heterocycles. The Morgan fingerprint density at radius 1 is 1.00 bits per heavy atom. The fraction of sp³-hybridized carbons (Fsp3) is 0.263. The lowest BCUT2D eigenvalue weighted by Gasteiger charge is -2.23. The second kappa shape index (κ2) is 5.38. The highest BCUT2D eigenvalue weighted by atomic mass is 14.9. The second-order valence-electron chi connectivity index (χ2n) is 5.93. The van der Waals surface area contributed by atoms with E-state index < -0.39 is 0 Å². The monoisotopic (exact) mass is 276 g/mol. The van der Waals surface area contributed by atoms with Crippen LogP contribution in [0.5, 0.6) is 0 Å². The van der Waals surface area contributed by atoms with Crippen molar-refractivity contribution in [3.63, 3.8) is 0 Å². The quantitative estimate of drug-likeness (QED) is 0.748. The first-order chi connectivity index (χ1) is 10.4. The van der Waals surface area contributed by atoms with E-state index in [1.165, 1.54) is 34.1 Å². The average molecular weight is 276 g/mol. The molecule has 0 amide bonds. The first-order valence-corrected chi connectivity index (χ1v) is 7.76. The minimum atomic E-state index is 0.580. The third-order valence-electron chi connectivity index (χ3n) is 4.53. The first kappa shape index (κ1) is 12.7. The molecule has 4 rings (SSSR count). The molecule has 1 heterocycles. The molecule has 1 aromatic heterocycles. The van der Waals surface area contributed by atoms with E-state index in [0.717, 1.165) is 19.4 Å². The zero-order valence-corrected chi connectivity index (χ0v) is 12.1. The van der Waals surface area contributed by atoms with Crippen LogP contribution in [-0.4, -0.2) is 11.0 Å². The number of aromatic amines is 1. The second-order valence-corrected chi connectivity index (χ2v) is 5.93. The highest BCUT2D eigenvalue weighted by Crippen LogP contribution is 2.29. The number of H-pyrrole nitrogens is 1. The maximum Gasteiger partial charge on any atom is 0.0458 e. The van der Waals surface area contributed by atoms with Crippen molar-refractivity contribution in [3.8, 4) is 0 Å². The van der Waals surface area contributed by atoms with Crippen molar-refractivity contribution in [2.75, 3.05) is 0 Å². The minimum Gasteiger partial charge on any atom is -0.358 e. The van der Waals surface area contributed by atoms with Crippen molar-refractivity contribution >= 4 is 10.9 Å². The van der Waals surface area contributed by atoms with Gasteiger partial charge in [0.2, 0.25) is 0 Å². The molecule has 2 nitrogen and oxygen atoms in total. The van der Waals surface area contributed by atoms with Crippen LogP contribution in [0, 0.1) is 0 Å². The van der Waals surface area contributed by atoms with Gasteiger partial charge in [0.1, 0.15) is 0 Å². The summed E-state index contributed by atoms with van der Waals surface area (Å²) < 4.78 is 0. The van der Waals surface area contributed by atoms with Crippen molar-refractivity contribution in [1.29, 1.82) is 0 Å². The Hall–Kier alpha value is -2.06. The van der Waals surface area contributed by atoms with Crippen molar-refractivity contribution in [2.24, 2.45) is 0 Å². The lowest BCUT2D eigenvalue weighted by atomic mass is 9.91. The summed E-state index contributed by atoms with van der Waals surface area (Å²) in [4.78, 5) is 3.58. The zero-order valence-electron chi connectivity index (χ0n) is 12.1. The molecule has 0 fully saturated rings. The van der Waals surface area contributed by atoms with Crippen molar-refractivity contribution in [2.45, 2.75) is 31.8 Å². The van der Waals surface area contributed by atoms with E-state index in [1.54, 1.807) is 0 Å². The molecule has 0 spiro atoms. The van der Waals surface area contributed by atoms with Gasteiger partial charge in [-0.05, 0) is 36.5 Å². The Labute approximate surface area is 125 Å². The smallest absolute Gasteiger partial charge is 0.0458 e. The summed E-state index contributed by atoms with van der Waals surface area (Å²) in [5, 5.41) is 5.12. The van der Waals surface area contributed by atoms with E-state index in [-0.39, 0.29) is 0 Å². The van der Waals surface area contributed by atoms with Crippen molar-refractivity contribution in [1.82, 2.24) is 10.3 Å². The fourth-order valence-electron chi connectivity index (χ4n) is 3.40. The first-order valence-electron chi connectivity index (χ1n) is 7.76. The molecule has 106 valence electrons. The normalized spacial score (nSPS) is 17.8. The molecule has 0 saturated heterocycles. The number of aryl methyl sites for hydroxylation is 1. The zero-order chi connectivity index (χ0) is 14.1. The number of aromatic nitrogens is 1. The summed E-state index contributed by atoms with van der Waals surface area (Å²) in [6.45, 7) is 0.962. The number of nitrogens with one attached hydrogen (secondary N) is 2. The number of hydrogen-bond donors (Lipinski definition) is 2. The molecule has 0 unspecified atom stereocenters.